The van der Waals surface area contributed by atoms with Crippen molar-refractivity contribution >= 4 is 33.2 Å². The molecule has 0 spiro atoms. The van der Waals surface area contributed by atoms with Gasteiger partial charge in [-0.15, -0.1) is 0 Å². The molecule has 1 aromatic heterocycles. The largest absolute Gasteiger partial charge is 0.242 e. The maximum absolute atomic E-state index is 12.4. The lowest BCUT2D eigenvalue weighted by atomic mass is 9.78. The molecule has 1 aliphatic carbocycles. The van der Waals surface area contributed by atoms with E-state index in [1.165, 1.54) is 12.3 Å². The average molecular weight is 337 g/mol. The van der Waals surface area contributed by atoms with Crippen LogP contribution in [0.4, 0.5) is 0 Å². The molecule has 1 fully saturated rings. The van der Waals surface area contributed by atoms with Gasteiger partial charge in [0.2, 0.25) is 10.0 Å². The zero-order valence-electron chi connectivity index (χ0n) is 11.4. The Morgan fingerprint density at radius 1 is 1.30 bits per heavy atom. The van der Waals surface area contributed by atoms with Gasteiger partial charge in [-0.3, -0.25) is 0 Å². The number of nitrogens with one attached hydrogen (secondary N) is 1. The van der Waals surface area contributed by atoms with Crippen molar-refractivity contribution in [2.75, 3.05) is 0 Å². The number of halogens is 2. The summed E-state index contributed by atoms with van der Waals surface area (Å²) in [6, 6.07) is 1.29. The second-order valence-corrected chi connectivity index (χ2v) is 7.92. The summed E-state index contributed by atoms with van der Waals surface area (Å²) in [5, 5.41) is 0.241. The van der Waals surface area contributed by atoms with E-state index in [1.54, 1.807) is 0 Å². The van der Waals surface area contributed by atoms with Crippen LogP contribution in [0.1, 0.15) is 33.1 Å². The highest BCUT2D eigenvalue weighted by molar-refractivity contribution is 7.89. The lowest BCUT2D eigenvalue weighted by molar-refractivity contribution is 0.227. The first-order valence-electron chi connectivity index (χ1n) is 6.64. The minimum absolute atomic E-state index is 0.0433. The highest BCUT2D eigenvalue weighted by atomic mass is 35.5. The average Bonchev–Trinajstić information content (AvgIpc) is 2.38. The molecule has 3 atom stereocenters. The highest BCUT2D eigenvalue weighted by Gasteiger charge is 2.31. The predicted octanol–water partition coefficient (Wildman–Crippen LogP) is 3.49. The molecule has 1 saturated carbocycles. The van der Waals surface area contributed by atoms with Gasteiger partial charge < -0.3 is 0 Å². The van der Waals surface area contributed by atoms with Crippen molar-refractivity contribution in [2.24, 2.45) is 11.8 Å². The van der Waals surface area contributed by atoms with Gasteiger partial charge in [0.05, 0.1) is 5.02 Å². The first kappa shape index (κ1) is 16.0. The van der Waals surface area contributed by atoms with Gasteiger partial charge in [-0.05, 0) is 24.3 Å². The van der Waals surface area contributed by atoms with Crippen molar-refractivity contribution in [1.29, 1.82) is 0 Å². The Morgan fingerprint density at radius 3 is 2.65 bits per heavy atom. The molecule has 1 aromatic rings. The Labute approximate surface area is 129 Å². The molecule has 0 aliphatic heterocycles. The quantitative estimate of drug-likeness (QED) is 0.859. The minimum atomic E-state index is -3.61. The van der Waals surface area contributed by atoms with E-state index in [4.69, 9.17) is 23.2 Å². The van der Waals surface area contributed by atoms with Crippen LogP contribution in [0.15, 0.2) is 17.2 Å². The van der Waals surface area contributed by atoms with E-state index >= 15 is 0 Å². The summed E-state index contributed by atoms with van der Waals surface area (Å²) in [5.41, 5.74) is 0. The Balaban J connectivity index is 2.20. The van der Waals surface area contributed by atoms with E-state index in [9.17, 15) is 8.42 Å². The van der Waals surface area contributed by atoms with Crippen molar-refractivity contribution in [2.45, 2.75) is 44.0 Å². The van der Waals surface area contributed by atoms with Gasteiger partial charge in [-0.25, -0.2) is 18.1 Å². The molecule has 0 bridgehead atoms. The fourth-order valence-corrected chi connectivity index (χ4v) is 4.23. The number of hydrogen-bond acceptors (Lipinski definition) is 3. The zero-order chi connectivity index (χ0) is 14.9. The van der Waals surface area contributed by atoms with E-state index < -0.39 is 10.0 Å². The topological polar surface area (TPSA) is 59.1 Å². The van der Waals surface area contributed by atoms with E-state index in [-0.39, 0.29) is 21.1 Å². The summed E-state index contributed by atoms with van der Waals surface area (Å²) < 4.78 is 27.5. The molecule has 0 amide bonds. The molecule has 112 valence electrons. The number of aromatic nitrogens is 1. The van der Waals surface area contributed by atoms with Gasteiger partial charge in [0.1, 0.15) is 10.0 Å². The van der Waals surface area contributed by atoms with Crippen molar-refractivity contribution in [3.05, 3.63) is 22.4 Å². The number of hydrogen-bond donors (Lipinski definition) is 1. The molecule has 7 heteroatoms. The lowest BCUT2D eigenvalue weighted by Crippen LogP contribution is -2.43. The monoisotopic (exact) mass is 336 g/mol. The number of sulfonamides is 1. The highest BCUT2D eigenvalue weighted by Crippen LogP contribution is 2.31. The summed E-state index contributed by atoms with van der Waals surface area (Å²) in [5.74, 6) is 0.831. The molecule has 20 heavy (non-hydrogen) atoms. The number of rotatable bonds is 3. The van der Waals surface area contributed by atoms with E-state index in [2.05, 4.69) is 23.6 Å². The van der Waals surface area contributed by atoms with Gasteiger partial charge >= 0.3 is 0 Å². The van der Waals surface area contributed by atoms with Gasteiger partial charge in [0.15, 0.2) is 0 Å². The SMILES string of the molecule is CC1CCCC(NS(=O)(=O)c2cnc(Cl)c(Cl)c2)C1C. The van der Waals surface area contributed by atoms with Gasteiger partial charge in [-0.2, -0.15) is 0 Å². The first-order valence-corrected chi connectivity index (χ1v) is 8.88. The lowest BCUT2D eigenvalue weighted by Gasteiger charge is -2.34. The fourth-order valence-electron chi connectivity index (χ4n) is 2.57. The van der Waals surface area contributed by atoms with Crippen molar-refractivity contribution in [3.63, 3.8) is 0 Å². The van der Waals surface area contributed by atoms with Crippen molar-refractivity contribution in [1.82, 2.24) is 9.71 Å². The van der Waals surface area contributed by atoms with Crippen LogP contribution < -0.4 is 4.72 Å². The summed E-state index contributed by atoms with van der Waals surface area (Å²) in [7, 11) is -3.61. The minimum Gasteiger partial charge on any atom is -0.242 e. The van der Waals surface area contributed by atoms with Gasteiger partial charge in [0, 0.05) is 12.2 Å². The van der Waals surface area contributed by atoms with Crippen LogP contribution >= 0.6 is 23.2 Å². The van der Waals surface area contributed by atoms with Crippen LogP contribution in [0.25, 0.3) is 0 Å². The Kier molecular flexibility index (Phi) is 4.95. The predicted molar refractivity (Wildman–Crippen MR) is 80.5 cm³/mol. The van der Waals surface area contributed by atoms with Crippen LogP contribution in [0.2, 0.25) is 10.2 Å². The Hall–Kier alpha value is -0.360. The standard InChI is InChI=1S/C13H18Cl2N2O2S/c1-8-4-3-5-12(9(8)2)17-20(18,19)10-6-11(14)13(15)16-7-10/h6-9,12,17H,3-5H2,1-2H3. The maximum atomic E-state index is 12.4. The van der Waals surface area contributed by atoms with Crippen LogP contribution in [-0.4, -0.2) is 19.4 Å². The molecule has 1 heterocycles. The first-order chi connectivity index (χ1) is 9.31. The second kappa shape index (κ2) is 6.18. The molecular formula is C13H18Cl2N2O2S. The molecule has 1 N–H and O–H groups in total. The smallest absolute Gasteiger partial charge is 0.242 e. The molecular weight excluding hydrogens is 319 g/mol. The molecule has 4 nitrogen and oxygen atoms in total. The molecule has 3 unspecified atom stereocenters. The Morgan fingerprint density at radius 2 is 2.00 bits per heavy atom. The molecule has 0 saturated heterocycles. The number of nitrogens with zero attached hydrogens (tertiary/aromatic N) is 1. The van der Waals surface area contributed by atoms with Crippen LogP contribution in [0.5, 0.6) is 0 Å². The van der Waals surface area contributed by atoms with Crippen LogP contribution in [0, 0.1) is 11.8 Å². The molecule has 1 aliphatic rings. The maximum Gasteiger partial charge on any atom is 0.242 e. The normalized spacial score (nSPS) is 27.5. The zero-order valence-corrected chi connectivity index (χ0v) is 13.8. The molecule has 0 radical (unpaired) electrons. The fraction of sp³-hybridized carbons (Fsp3) is 0.615. The van der Waals surface area contributed by atoms with E-state index in [0.717, 1.165) is 19.3 Å². The van der Waals surface area contributed by atoms with E-state index in [1.807, 2.05) is 0 Å². The van der Waals surface area contributed by atoms with Gasteiger partial charge in [0.25, 0.3) is 0 Å². The van der Waals surface area contributed by atoms with E-state index in [0.29, 0.717) is 11.8 Å². The van der Waals surface area contributed by atoms with Crippen molar-refractivity contribution < 1.29 is 8.42 Å². The second-order valence-electron chi connectivity index (χ2n) is 5.44. The van der Waals surface area contributed by atoms with Crippen LogP contribution in [0.3, 0.4) is 0 Å². The molecule has 2 rings (SSSR count). The van der Waals surface area contributed by atoms with Crippen molar-refractivity contribution in [3.8, 4) is 0 Å². The third-order valence-corrected chi connectivity index (χ3v) is 6.24. The summed E-state index contributed by atoms with van der Waals surface area (Å²) in [6.07, 6.45) is 4.28. The molecule has 0 aromatic carbocycles. The van der Waals surface area contributed by atoms with Gasteiger partial charge in [-0.1, -0.05) is 49.9 Å². The summed E-state index contributed by atoms with van der Waals surface area (Å²) in [6.45, 7) is 4.25. The third kappa shape index (κ3) is 3.45. The Bertz CT molecular complexity index is 592. The number of pyridine rings is 1. The summed E-state index contributed by atoms with van der Waals surface area (Å²) in [4.78, 5) is 3.84. The summed E-state index contributed by atoms with van der Waals surface area (Å²) >= 11 is 11.5. The van der Waals surface area contributed by atoms with Crippen LogP contribution in [-0.2, 0) is 10.0 Å². The third-order valence-electron chi connectivity index (χ3n) is 4.09.